The van der Waals surface area contributed by atoms with Gasteiger partial charge in [-0.1, -0.05) is 26.7 Å². The van der Waals surface area contributed by atoms with Gasteiger partial charge in [-0.25, -0.2) is 44.3 Å². The minimum Gasteiger partial charge on any atom is -0.480 e. The fourth-order valence-electron chi connectivity index (χ4n) is 6.54. The number of ether oxygens (including phenoxy) is 2. The van der Waals surface area contributed by atoms with E-state index in [9.17, 15) is 19.2 Å². The second-order valence-electron chi connectivity index (χ2n) is 19.5. The van der Waals surface area contributed by atoms with Crippen LogP contribution in [0.5, 0.6) is 0 Å². The Morgan fingerprint density at radius 2 is 1.11 bits per heavy atom. The van der Waals surface area contributed by atoms with Crippen molar-refractivity contribution in [3.05, 3.63) is 45.9 Å². The quantitative estimate of drug-likeness (QED) is 0.0450. The van der Waals surface area contributed by atoms with Crippen molar-refractivity contribution < 1.29 is 33.8 Å². The number of thiazole rings is 2. The number of likely N-dealkylation sites (N-methyl/N-ethyl adjacent to an activating group) is 2. The lowest BCUT2D eigenvalue weighted by atomic mass is 9.85. The van der Waals surface area contributed by atoms with Crippen molar-refractivity contribution >= 4 is 80.1 Å². The molecule has 0 unspecified atom stereocenters. The molecule has 4 heterocycles. The van der Waals surface area contributed by atoms with Crippen LogP contribution in [0.2, 0.25) is 0 Å². The predicted octanol–water partition coefficient (Wildman–Crippen LogP) is 9.73. The molecular weight excluding hydrogens is 947 g/mol. The number of rotatable bonds is 20. The molecule has 4 aromatic rings. The molecule has 0 bridgehead atoms. The molecule has 7 N–H and O–H groups in total. The van der Waals surface area contributed by atoms with Crippen LogP contribution in [0.3, 0.4) is 0 Å². The summed E-state index contributed by atoms with van der Waals surface area (Å²) < 4.78 is 10.3. The number of carbonyl (C=O) groups excluding carboxylic acids is 3. The van der Waals surface area contributed by atoms with Gasteiger partial charge in [-0.05, 0) is 99.3 Å². The highest BCUT2D eigenvalue weighted by Crippen LogP contribution is 2.41. The van der Waals surface area contributed by atoms with Crippen molar-refractivity contribution in [2.75, 3.05) is 55.0 Å². The van der Waals surface area contributed by atoms with Gasteiger partial charge in [0.2, 0.25) is 0 Å². The first-order chi connectivity index (χ1) is 33.5. The summed E-state index contributed by atoms with van der Waals surface area (Å²) in [6, 6.07) is 2.34. The van der Waals surface area contributed by atoms with Crippen LogP contribution in [-0.4, -0.2) is 126 Å². The number of anilines is 6. The van der Waals surface area contributed by atoms with Crippen LogP contribution in [0.15, 0.2) is 24.5 Å². The van der Waals surface area contributed by atoms with Gasteiger partial charge in [0, 0.05) is 87.3 Å². The van der Waals surface area contributed by atoms with E-state index in [2.05, 4.69) is 51.2 Å². The first-order valence-corrected chi connectivity index (χ1v) is 26.2. The van der Waals surface area contributed by atoms with Crippen molar-refractivity contribution in [1.82, 2.24) is 39.7 Å². The Bertz CT molecular complexity index is 2340. The van der Waals surface area contributed by atoms with E-state index in [-0.39, 0.29) is 5.78 Å². The number of nitrogens with zero attached hydrogens (tertiary/aromatic N) is 8. The Morgan fingerprint density at radius 1 is 0.704 bits per heavy atom. The molecule has 2 aliphatic rings. The number of hydrogen-bond donors (Lipinski definition) is 6. The minimum absolute atomic E-state index is 0.00881. The Kier molecular flexibility index (Phi) is 22.1. The number of aromatic nitrogens is 6. The lowest BCUT2D eigenvalue weighted by molar-refractivity contribution is -0.142. The summed E-state index contributed by atoms with van der Waals surface area (Å²) in [5, 5.41) is 23.5. The fraction of sp³-hybridized carbons (Fsp3) is 0.633. The fourth-order valence-corrected chi connectivity index (χ4v) is 8.53. The summed E-state index contributed by atoms with van der Waals surface area (Å²) in [5.74, 6) is 4.84. The number of carboxylic acids is 1. The molecule has 0 spiro atoms. The topological polar surface area (TPSA) is 265 Å². The van der Waals surface area contributed by atoms with Crippen LogP contribution >= 0.6 is 22.7 Å². The van der Waals surface area contributed by atoms with Gasteiger partial charge < -0.3 is 46.5 Å². The van der Waals surface area contributed by atoms with E-state index in [0.29, 0.717) is 62.4 Å². The molecule has 0 aliphatic heterocycles. The number of carbonyl (C=O) groups is 4. The minimum atomic E-state index is -1.06. The maximum atomic E-state index is 12.6. The number of carboxylic acid groups (broad SMARTS) is 1. The molecule has 392 valence electrons. The molecule has 71 heavy (non-hydrogen) atoms. The Morgan fingerprint density at radius 3 is 1.48 bits per heavy atom. The maximum Gasteiger partial charge on any atom is 0.410 e. The highest BCUT2D eigenvalue weighted by Gasteiger charge is 2.28. The molecule has 0 saturated heterocycles. The number of nitrogens with one attached hydrogen (secondary N) is 4. The van der Waals surface area contributed by atoms with Crippen LogP contribution in [0.25, 0.3) is 0 Å². The number of amides is 2. The van der Waals surface area contributed by atoms with Gasteiger partial charge in [0.05, 0.1) is 6.04 Å². The van der Waals surface area contributed by atoms with Gasteiger partial charge in [-0.2, -0.15) is 0 Å². The molecular formula is C49H77N13O7S2. The SMILES string of the molecule is CCc1nc(NCCCC(=O)[C@H](C)N(C)C(=O)OC(C)(C)C)cc(Nc2ncc(C3CCC3)s2)n1.CCc1nc(NCCN)cc(Nc2ncc(C3CCC3)s2)n1.C[C@@H](C(=O)O)N(C)C(=O)OC(C)(C)C. The van der Waals surface area contributed by atoms with Crippen molar-refractivity contribution in [3.8, 4) is 0 Å². The second kappa shape index (κ2) is 27.2. The Balaban J connectivity index is 0.000000258. The van der Waals surface area contributed by atoms with Crippen molar-refractivity contribution in [1.29, 1.82) is 0 Å². The number of ketones is 1. The van der Waals surface area contributed by atoms with Crippen LogP contribution in [0, 0.1) is 0 Å². The van der Waals surface area contributed by atoms with E-state index in [1.165, 1.54) is 67.2 Å². The molecule has 6 rings (SSSR count). The van der Waals surface area contributed by atoms with Crippen LogP contribution in [-0.2, 0) is 31.9 Å². The van der Waals surface area contributed by atoms with E-state index in [1.807, 2.05) is 38.4 Å². The summed E-state index contributed by atoms with van der Waals surface area (Å²) in [6.45, 7) is 19.7. The molecule has 2 atom stereocenters. The zero-order valence-corrected chi connectivity index (χ0v) is 45.3. The zero-order chi connectivity index (χ0) is 52.5. The first kappa shape index (κ1) is 57.8. The standard InChI is InChI=1S/C25H38N6O3S.C15H22N6S.C9H17NO4/c1-7-20-28-21(14-22(29-20)30-23-27-15-19(35-23)17-10-8-11-17)26-13-9-12-18(32)16(2)31(6)24(33)34-25(3,4)5;1-2-12-19-13(17-7-6-16)8-14(20-12)21-15-18-9-11(22-15)10-4-3-5-10;1-6(7(11)12)10(5)8(13)14-9(2,3)4/h14-17H,7-13H2,1-6H3,(H2,26,27,28,29,30);8-10H,2-7,16H2,1H3,(H2,17,18,19,20,21);6H,1-5H3,(H,11,12)/t16-;;6-/m0.0/s1. The number of aliphatic carboxylic acids is 1. The first-order valence-electron chi connectivity index (χ1n) is 24.5. The third kappa shape index (κ3) is 19.4. The monoisotopic (exact) mass is 1020 g/mol. The summed E-state index contributed by atoms with van der Waals surface area (Å²) in [4.78, 5) is 78.9. The lowest BCUT2D eigenvalue weighted by Crippen LogP contribution is -2.43. The number of hydrogen-bond acceptors (Lipinski definition) is 19. The van der Waals surface area contributed by atoms with E-state index in [4.69, 9.17) is 20.3 Å². The highest BCUT2D eigenvalue weighted by atomic mass is 32.1. The lowest BCUT2D eigenvalue weighted by Gasteiger charge is -2.28. The predicted molar refractivity (Wildman–Crippen MR) is 282 cm³/mol. The second-order valence-corrected chi connectivity index (χ2v) is 21.7. The molecule has 0 radical (unpaired) electrons. The summed E-state index contributed by atoms with van der Waals surface area (Å²) in [7, 11) is 2.99. The van der Waals surface area contributed by atoms with Gasteiger partial charge in [0.1, 0.15) is 52.2 Å². The van der Waals surface area contributed by atoms with Crippen molar-refractivity contribution in [3.63, 3.8) is 0 Å². The van der Waals surface area contributed by atoms with Gasteiger partial charge in [0.25, 0.3) is 0 Å². The smallest absolute Gasteiger partial charge is 0.410 e. The highest BCUT2D eigenvalue weighted by molar-refractivity contribution is 7.16. The molecule has 2 aliphatic carbocycles. The maximum absolute atomic E-state index is 12.6. The largest absolute Gasteiger partial charge is 0.480 e. The average Bonchev–Trinajstić information content (AvgIpc) is 3.92. The number of Topliss-reactive ketones (excluding diaryl/α,β-unsaturated/α-hetero) is 1. The van der Waals surface area contributed by atoms with Crippen LogP contribution in [0.4, 0.5) is 43.1 Å². The van der Waals surface area contributed by atoms with Crippen molar-refractivity contribution in [2.24, 2.45) is 5.73 Å². The van der Waals surface area contributed by atoms with Gasteiger partial charge >= 0.3 is 18.2 Å². The van der Waals surface area contributed by atoms with E-state index in [0.717, 1.165) is 44.9 Å². The third-order valence-electron chi connectivity index (χ3n) is 11.4. The van der Waals surface area contributed by atoms with Crippen LogP contribution in [0.1, 0.15) is 154 Å². The molecule has 2 saturated carbocycles. The van der Waals surface area contributed by atoms with Crippen molar-refractivity contribution in [2.45, 2.75) is 169 Å². The normalized spacial score (nSPS) is 14.4. The van der Waals surface area contributed by atoms with Gasteiger partial charge in [-0.15, -0.1) is 22.7 Å². The Hall–Kier alpha value is -5.74. The van der Waals surface area contributed by atoms with E-state index in [1.54, 1.807) is 78.2 Å². The molecule has 4 aromatic heterocycles. The molecule has 22 heteroatoms. The van der Waals surface area contributed by atoms with Crippen LogP contribution < -0.4 is 27.0 Å². The van der Waals surface area contributed by atoms with Gasteiger partial charge in [-0.3, -0.25) is 9.69 Å². The molecule has 2 fully saturated rings. The number of nitrogens with two attached hydrogens (primary N) is 1. The average molecular weight is 1020 g/mol. The molecule has 20 nitrogen and oxygen atoms in total. The molecule has 2 amide bonds. The summed E-state index contributed by atoms with van der Waals surface area (Å²) >= 11 is 3.41. The molecule has 0 aromatic carbocycles. The van der Waals surface area contributed by atoms with E-state index >= 15 is 0 Å². The van der Waals surface area contributed by atoms with E-state index < -0.39 is 41.4 Å². The Labute approximate surface area is 427 Å². The van der Waals surface area contributed by atoms with Gasteiger partial charge in [0.15, 0.2) is 16.0 Å². The number of aryl methyl sites for hydroxylation is 2. The summed E-state index contributed by atoms with van der Waals surface area (Å²) in [6.07, 6.45) is 13.0. The third-order valence-corrected chi connectivity index (χ3v) is 13.6. The zero-order valence-electron chi connectivity index (χ0n) is 43.7. The summed E-state index contributed by atoms with van der Waals surface area (Å²) in [5.41, 5.74) is 4.32.